The highest BCUT2D eigenvalue weighted by Crippen LogP contribution is 2.47. The van der Waals surface area contributed by atoms with Gasteiger partial charge in [-0.05, 0) is 187 Å². The van der Waals surface area contributed by atoms with Crippen LogP contribution in [0, 0.1) is 46.3 Å². The van der Waals surface area contributed by atoms with Crippen LogP contribution < -0.4 is 0 Å². The van der Waals surface area contributed by atoms with E-state index < -0.39 is 0 Å². The molecule has 0 atom stereocenters. The molecule has 0 radical (unpaired) electrons. The van der Waals surface area contributed by atoms with Crippen LogP contribution in [0.3, 0.4) is 0 Å². The van der Waals surface area contributed by atoms with E-state index in [-0.39, 0.29) is 27.2 Å². The zero-order chi connectivity index (χ0) is 53.6. The van der Waals surface area contributed by atoms with Crippen molar-refractivity contribution in [2.24, 2.45) is 0 Å². The van der Waals surface area contributed by atoms with Gasteiger partial charge in [0.25, 0.3) is 0 Å². The molecule has 10 aromatic rings. The van der Waals surface area contributed by atoms with Gasteiger partial charge in [0.1, 0.15) is 17.7 Å². The van der Waals surface area contributed by atoms with Crippen molar-refractivity contribution < 1.29 is 0 Å². The number of nitriles is 2. The highest BCUT2D eigenvalue weighted by molar-refractivity contribution is 6.11. The molecule has 8 aromatic carbocycles. The Hall–Kier alpha value is -8.80. The Morgan fingerprint density at radius 1 is 0.316 bits per heavy atom. The van der Waals surface area contributed by atoms with Crippen molar-refractivity contribution in [3.05, 3.63) is 219 Å². The van der Waals surface area contributed by atoms with Crippen molar-refractivity contribution in [3.8, 4) is 58.3 Å². The van der Waals surface area contributed by atoms with Crippen LogP contribution in [0.4, 0.5) is 0 Å². The molecule has 0 bridgehead atoms. The van der Waals surface area contributed by atoms with Crippen LogP contribution in [-0.2, 0) is 21.7 Å². The molecule has 0 N–H and O–H groups in total. The second kappa shape index (κ2) is 18.0. The van der Waals surface area contributed by atoms with E-state index in [2.05, 4.69) is 261 Å². The number of rotatable bonds is 2. The minimum atomic E-state index is 0.0292. The van der Waals surface area contributed by atoms with Crippen molar-refractivity contribution in [1.82, 2.24) is 9.13 Å². The number of fused-ring (bicyclic) bond motifs is 9. The number of aromatic nitrogens is 2. The molecule has 4 nitrogen and oxygen atoms in total. The average Bonchev–Trinajstić information content (AvgIpc) is 4.06. The van der Waals surface area contributed by atoms with Gasteiger partial charge in [-0.15, -0.1) is 0 Å². The fourth-order valence-electron chi connectivity index (χ4n) is 10.8. The lowest BCUT2D eigenvalue weighted by molar-refractivity contribution is 0.590. The predicted octanol–water partition coefficient (Wildman–Crippen LogP) is 17.7. The predicted molar refractivity (Wildman–Crippen MR) is 317 cm³/mol. The minimum absolute atomic E-state index is 0.0292. The summed E-state index contributed by atoms with van der Waals surface area (Å²) < 4.78 is 4.74. The number of nitrogens with zero attached hydrogens (tertiary/aromatic N) is 4. The van der Waals surface area contributed by atoms with E-state index in [1.807, 2.05) is 24.3 Å². The fourth-order valence-corrected chi connectivity index (χ4v) is 10.8. The fraction of sp³-hybridized carbons (Fsp3) is 0.222. The molecule has 0 saturated carbocycles. The zero-order valence-electron chi connectivity index (χ0n) is 45.8. The monoisotopic (exact) mass is 982 g/mol. The van der Waals surface area contributed by atoms with E-state index in [1.165, 1.54) is 65.9 Å². The normalized spacial score (nSPS) is 12.5. The standard InChI is InChI=1S/C72H62N4/c1-69(2,3)50-23-33-64-60(39-50)61-40-51(70(4,5)6)24-34-65(61)75(64)54-27-17-45(18-28-54)13-15-47-21-31-56-58(37-47)59-38-48(22-32-57(59)68(56)49(43-73)44-74)16-14-46-19-29-55(30-20-46)76-66-35-25-52(71(7,8)9)41-62(66)63-42-53(72(10,11)12)26-36-67(63)76/h17-42H,1-12H3. The van der Waals surface area contributed by atoms with Gasteiger partial charge in [0.05, 0.1) is 22.1 Å². The lowest BCUT2D eigenvalue weighted by Gasteiger charge is -2.19. The van der Waals surface area contributed by atoms with Gasteiger partial charge < -0.3 is 9.13 Å². The first-order chi connectivity index (χ1) is 36.1. The average molecular weight is 983 g/mol. The Balaban J connectivity index is 0.904. The smallest absolute Gasteiger partial charge is 0.138 e. The Bertz CT molecular complexity index is 3890. The Morgan fingerprint density at radius 3 is 0.868 bits per heavy atom. The molecule has 2 heterocycles. The van der Waals surface area contributed by atoms with Crippen LogP contribution in [0.5, 0.6) is 0 Å². The van der Waals surface area contributed by atoms with E-state index >= 15 is 0 Å². The molecule has 1 aliphatic rings. The largest absolute Gasteiger partial charge is 0.309 e. The Labute approximate surface area is 448 Å². The zero-order valence-corrected chi connectivity index (χ0v) is 45.8. The topological polar surface area (TPSA) is 57.4 Å². The maximum Gasteiger partial charge on any atom is 0.138 e. The summed E-state index contributed by atoms with van der Waals surface area (Å²) in [5, 5.41) is 25.3. The van der Waals surface area contributed by atoms with Gasteiger partial charge in [-0.1, -0.05) is 143 Å². The van der Waals surface area contributed by atoms with Crippen molar-refractivity contribution in [2.45, 2.75) is 105 Å². The van der Waals surface area contributed by atoms with Gasteiger partial charge >= 0.3 is 0 Å². The third kappa shape index (κ3) is 8.75. The molecule has 11 rings (SSSR count). The molecule has 2 aromatic heterocycles. The molecule has 4 heteroatoms. The third-order valence-electron chi connectivity index (χ3n) is 15.3. The SMILES string of the molecule is CC(C)(C)c1ccc2c(c1)c1cc(C(C)(C)C)ccc1n2-c1ccc(C#Cc2ccc3c(c2)-c2cc(C#Cc4ccc(-n5c6ccc(C(C)(C)C)cc6c6cc(C(C)(C)C)ccc65)cc4)ccc2C3=C(C#N)C#N)cc1. The third-order valence-corrected chi connectivity index (χ3v) is 15.3. The van der Waals surface area contributed by atoms with E-state index in [0.717, 1.165) is 55.9 Å². The molecular formula is C72H62N4. The van der Waals surface area contributed by atoms with Crippen LogP contribution in [-0.4, -0.2) is 9.13 Å². The molecule has 0 saturated heterocycles. The first-order valence-corrected chi connectivity index (χ1v) is 26.4. The van der Waals surface area contributed by atoms with Gasteiger partial charge in [-0.25, -0.2) is 0 Å². The highest BCUT2D eigenvalue weighted by Gasteiger charge is 2.28. The van der Waals surface area contributed by atoms with Crippen LogP contribution in [0.15, 0.2) is 163 Å². The molecule has 1 aliphatic carbocycles. The molecule has 0 amide bonds. The van der Waals surface area contributed by atoms with E-state index in [1.54, 1.807) is 0 Å². The quantitative estimate of drug-likeness (QED) is 0.128. The van der Waals surface area contributed by atoms with Crippen molar-refractivity contribution >= 4 is 49.2 Å². The molecule has 0 spiro atoms. The first-order valence-electron chi connectivity index (χ1n) is 26.4. The lowest BCUT2D eigenvalue weighted by atomic mass is 9.85. The number of hydrogen-bond acceptors (Lipinski definition) is 2. The molecule has 370 valence electrons. The summed E-state index contributed by atoms with van der Waals surface area (Å²) in [6.45, 7) is 27.2. The van der Waals surface area contributed by atoms with E-state index in [9.17, 15) is 10.5 Å². The summed E-state index contributed by atoms with van der Waals surface area (Å²) >= 11 is 0. The molecule has 0 aliphatic heterocycles. The maximum absolute atomic E-state index is 10.1. The summed E-state index contributed by atoms with van der Waals surface area (Å²) in [4.78, 5) is 0. The van der Waals surface area contributed by atoms with Gasteiger partial charge in [-0.2, -0.15) is 10.5 Å². The Morgan fingerprint density at radius 2 is 0.592 bits per heavy atom. The lowest BCUT2D eigenvalue weighted by Crippen LogP contribution is -2.10. The second-order valence-electron chi connectivity index (χ2n) is 24.7. The molecular weight excluding hydrogens is 921 g/mol. The number of benzene rings is 8. The molecule has 0 fully saturated rings. The summed E-state index contributed by atoms with van der Waals surface area (Å²) in [7, 11) is 0. The summed E-state index contributed by atoms with van der Waals surface area (Å²) in [5.74, 6) is 13.7. The van der Waals surface area contributed by atoms with Crippen molar-refractivity contribution in [1.29, 1.82) is 10.5 Å². The highest BCUT2D eigenvalue weighted by atomic mass is 15.0. The maximum atomic E-state index is 10.1. The Kier molecular flexibility index (Phi) is 11.7. The second-order valence-corrected chi connectivity index (χ2v) is 24.7. The first kappa shape index (κ1) is 49.4. The van der Waals surface area contributed by atoms with Gasteiger partial charge in [-0.3, -0.25) is 0 Å². The van der Waals surface area contributed by atoms with E-state index in [4.69, 9.17) is 0 Å². The van der Waals surface area contributed by atoms with Crippen LogP contribution >= 0.6 is 0 Å². The summed E-state index contributed by atoms with van der Waals surface area (Å²) in [6, 6.07) is 61.1. The van der Waals surface area contributed by atoms with Crippen molar-refractivity contribution in [2.75, 3.05) is 0 Å². The molecule has 0 unspecified atom stereocenters. The summed E-state index contributed by atoms with van der Waals surface area (Å²) in [6.07, 6.45) is 0. The molecule has 76 heavy (non-hydrogen) atoms. The number of allylic oxidation sites excluding steroid dienone is 1. The van der Waals surface area contributed by atoms with Crippen molar-refractivity contribution in [3.63, 3.8) is 0 Å². The van der Waals surface area contributed by atoms with Gasteiger partial charge in [0, 0.05) is 60.7 Å². The minimum Gasteiger partial charge on any atom is -0.309 e. The van der Waals surface area contributed by atoms with Gasteiger partial charge in [0.2, 0.25) is 0 Å². The van der Waals surface area contributed by atoms with Crippen LogP contribution in [0.25, 0.3) is 71.7 Å². The van der Waals surface area contributed by atoms with Crippen LogP contribution in [0.2, 0.25) is 0 Å². The van der Waals surface area contributed by atoms with Crippen LogP contribution in [0.1, 0.15) is 139 Å². The summed E-state index contributed by atoms with van der Waals surface area (Å²) in [5.41, 5.74) is 20.0. The van der Waals surface area contributed by atoms with Gasteiger partial charge in [0.15, 0.2) is 0 Å². The number of hydrogen-bond donors (Lipinski definition) is 0. The van der Waals surface area contributed by atoms with E-state index in [0.29, 0.717) is 5.57 Å².